The van der Waals surface area contributed by atoms with Gasteiger partial charge in [-0.15, -0.1) is 0 Å². The number of hydrogen-bond acceptors (Lipinski definition) is 3. The second-order valence-electron chi connectivity index (χ2n) is 7.43. The Balaban J connectivity index is 1.45. The zero-order chi connectivity index (χ0) is 18.3. The molecule has 140 valence electrons. The number of piperazine rings is 1. The predicted molar refractivity (Wildman–Crippen MR) is 92.6 cm³/mol. The van der Waals surface area contributed by atoms with E-state index in [-0.39, 0.29) is 17.5 Å². The van der Waals surface area contributed by atoms with Crippen molar-refractivity contribution in [2.75, 3.05) is 37.6 Å². The molecule has 26 heavy (non-hydrogen) atoms. The molecule has 4 rings (SSSR count). The van der Waals surface area contributed by atoms with Crippen molar-refractivity contribution in [2.45, 2.75) is 31.7 Å². The third-order valence-electron chi connectivity index (χ3n) is 5.81. The number of piperidine rings is 1. The van der Waals surface area contributed by atoms with Crippen molar-refractivity contribution >= 4 is 17.5 Å². The van der Waals surface area contributed by atoms with E-state index in [4.69, 9.17) is 0 Å². The van der Waals surface area contributed by atoms with Crippen LogP contribution in [0.25, 0.3) is 0 Å². The summed E-state index contributed by atoms with van der Waals surface area (Å²) < 4.78 is 26.9. The maximum absolute atomic E-state index is 13.5. The Morgan fingerprint density at radius 2 is 1.73 bits per heavy atom. The lowest BCUT2D eigenvalue weighted by Crippen LogP contribution is -2.57. The quantitative estimate of drug-likeness (QED) is 0.755. The summed E-state index contributed by atoms with van der Waals surface area (Å²) in [7, 11) is 0. The van der Waals surface area contributed by atoms with Crippen LogP contribution < -0.4 is 4.90 Å². The molecule has 7 heteroatoms. The molecule has 0 saturated carbocycles. The van der Waals surface area contributed by atoms with Crippen LogP contribution in [0.15, 0.2) is 18.2 Å². The van der Waals surface area contributed by atoms with Crippen LogP contribution in [-0.4, -0.2) is 60.4 Å². The fourth-order valence-electron chi connectivity index (χ4n) is 4.44. The first kappa shape index (κ1) is 17.4. The van der Waals surface area contributed by atoms with Gasteiger partial charge in [-0.2, -0.15) is 0 Å². The Morgan fingerprint density at radius 3 is 2.50 bits per heavy atom. The molecule has 0 aromatic heterocycles. The summed E-state index contributed by atoms with van der Waals surface area (Å²) in [6.45, 7) is 3.58. The summed E-state index contributed by atoms with van der Waals surface area (Å²) in [4.78, 5) is 31.2. The van der Waals surface area contributed by atoms with Gasteiger partial charge >= 0.3 is 0 Å². The van der Waals surface area contributed by atoms with E-state index < -0.39 is 17.6 Å². The molecule has 3 aliphatic rings. The van der Waals surface area contributed by atoms with Crippen molar-refractivity contribution in [2.24, 2.45) is 5.92 Å². The minimum Gasteiger partial charge on any atom is -0.339 e. The third kappa shape index (κ3) is 3.20. The number of carbonyl (C=O) groups excluding carboxylic acids is 2. The first-order chi connectivity index (χ1) is 12.5. The van der Waals surface area contributed by atoms with Crippen LogP contribution in [0.3, 0.4) is 0 Å². The van der Waals surface area contributed by atoms with Gasteiger partial charge in [-0.1, -0.05) is 6.42 Å². The van der Waals surface area contributed by atoms with Gasteiger partial charge in [0.05, 0.1) is 0 Å². The van der Waals surface area contributed by atoms with Crippen LogP contribution in [-0.2, 0) is 9.59 Å². The monoisotopic (exact) mass is 363 g/mol. The molecule has 2 atom stereocenters. The van der Waals surface area contributed by atoms with Gasteiger partial charge in [-0.3, -0.25) is 14.5 Å². The lowest BCUT2D eigenvalue weighted by atomic mass is 9.98. The van der Waals surface area contributed by atoms with Crippen molar-refractivity contribution < 1.29 is 18.4 Å². The summed E-state index contributed by atoms with van der Waals surface area (Å²) >= 11 is 0. The lowest BCUT2D eigenvalue weighted by Gasteiger charge is -2.44. The Labute approximate surface area is 151 Å². The average Bonchev–Trinajstić information content (AvgIpc) is 3.01. The van der Waals surface area contributed by atoms with Crippen LogP contribution in [0.5, 0.6) is 0 Å². The zero-order valence-corrected chi connectivity index (χ0v) is 14.7. The second-order valence-corrected chi connectivity index (χ2v) is 7.43. The summed E-state index contributed by atoms with van der Waals surface area (Å²) in [5, 5.41) is 0. The average molecular weight is 363 g/mol. The Morgan fingerprint density at radius 1 is 0.962 bits per heavy atom. The molecule has 0 radical (unpaired) electrons. The highest BCUT2D eigenvalue weighted by Crippen LogP contribution is 2.29. The van der Waals surface area contributed by atoms with E-state index in [0.29, 0.717) is 32.1 Å². The van der Waals surface area contributed by atoms with Crippen LogP contribution >= 0.6 is 0 Å². The Bertz CT molecular complexity index is 706. The van der Waals surface area contributed by atoms with Crippen molar-refractivity contribution in [3.8, 4) is 0 Å². The lowest BCUT2D eigenvalue weighted by molar-refractivity contribution is -0.142. The highest BCUT2D eigenvalue weighted by atomic mass is 19.1. The van der Waals surface area contributed by atoms with Gasteiger partial charge in [0.1, 0.15) is 17.6 Å². The molecule has 2 amide bonds. The maximum Gasteiger partial charge on any atom is 0.239 e. The third-order valence-corrected chi connectivity index (χ3v) is 5.81. The van der Waals surface area contributed by atoms with E-state index in [1.54, 1.807) is 0 Å². The van der Waals surface area contributed by atoms with E-state index in [1.165, 1.54) is 17.7 Å². The molecule has 3 heterocycles. The van der Waals surface area contributed by atoms with Gasteiger partial charge in [0.2, 0.25) is 11.8 Å². The molecule has 0 bridgehead atoms. The van der Waals surface area contributed by atoms with Crippen LogP contribution in [0.1, 0.15) is 25.7 Å². The predicted octanol–water partition coefficient (Wildman–Crippen LogP) is 2.01. The number of nitrogens with zero attached hydrogens (tertiary/aromatic N) is 3. The van der Waals surface area contributed by atoms with Gasteiger partial charge < -0.3 is 9.80 Å². The van der Waals surface area contributed by atoms with Gasteiger partial charge in [-0.05, 0) is 37.9 Å². The molecule has 0 spiro atoms. The van der Waals surface area contributed by atoms with Gasteiger partial charge in [0, 0.05) is 44.0 Å². The standard InChI is InChI=1S/C19H23F2N3O2/c20-13-9-14(21)11-16(10-13)24-6-4-17(19(24)26)18(25)23-8-7-22-5-2-1-3-15(22)12-23/h9-11,15,17H,1-8,12H2/t15-,17-/m0/s1. The highest BCUT2D eigenvalue weighted by Gasteiger charge is 2.41. The molecule has 3 fully saturated rings. The van der Waals surface area contributed by atoms with Crippen LogP contribution in [0, 0.1) is 17.6 Å². The summed E-state index contributed by atoms with van der Waals surface area (Å²) in [5.41, 5.74) is 0.180. The van der Waals surface area contributed by atoms with Crippen molar-refractivity contribution in [3.63, 3.8) is 0 Å². The zero-order valence-electron chi connectivity index (χ0n) is 14.7. The number of amides is 2. The van der Waals surface area contributed by atoms with Gasteiger partial charge in [0.15, 0.2) is 0 Å². The molecular weight excluding hydrogens is 340 g/mol. The van der Waals surface area contributed by atoms with E-state index in [0.717, 1.165) is 37.7 Å². The Hall–Kier alpha value is -2.02. The number of carbonyl (C=O) groups is 2. The molecule has 0 N–H and O–H groups in total. The van der Waals surface area contributed by atoms with Crippen molar-refractivity contribution in [3.05, 3.63) is 29.8 Å². The fraction of sp³-hybridized carbons (Fsp3) is 0.579. The summed E-state index contributed by atoms with van der Waals surface area (Å²) in [5.74, 6) is -2.69. The minimum atomic E-state index is -0.739. The normalized spacial score (nSPS) is 26.9. The molecule has 3 aliphatic heterocycles. The molecule has 3 saturated heterocycles. The summed E-state index contributed by atoms with van der Waals surface area (Å²) in [6.07, 6.45) is 3.88. The largest absolute Gasteiger partial charge is 0.339 e. The van der Waals surface area contributed by atoms with Gasteiger partial charge in [0.25, 0.3) is 0 Å². The number of benzene rings is 1. The molecule has 0 unspecified atom stereocenters. The number of fused-ring (bicyclic) bond motifs is 1. The number of rotatable bonds is 2. The van der Waals surface area contributed by atoms with Crippen molar-refractivity contribution in [1.29, 1.82) is 0 Å². The van der Waals surface area contributed by atoms with Crippen LogP contribution in [0.2, 0.25) is 0 Å². The molecule has 0 aliphatic carbocycles. The molecular formula is C19H23F2N3O2. The number of anilines is 1. The highest BCUT2D eigenvalue weighted by molar-refractivity contribution is 6.09. The van der Waals surface area contributed by atoms with E-state index >= 15 is 0 Å². The SMILES string of the molecule is O=C([C@@H]1CCN(c2cc(F)cc(F)c2)C1=O)N1CCN2CCCC[C@H]2C1. The molecule has 1 aromatic rings. The summed E-state index contributed by atoms with van der Waals surface area (Å²) in [6, 6.07) is 3.44. The van der Waals surface area contributed by atoms with E-state index in [1.807, 2.05) is 4.90 Å². The fourth-order valence-corrected chi connectivity index (χ4v) is 4.44. The number of hydrogen-bond donors (Lipinski definition) is 0. The first-order valence-electron chi connectivity index (χ1n) is 9.33. The second kappa shape index (κ2) is 6.95. The minimum absolute atomic E-state index is 0.139. The van der Waals surface area contributed by atoms with Crippen molar-refractivity contribution in [1.82, 2.24) is 9.80 Å². The Kier molecular flexibility index (Phi) is 4.65. The van der Waals surface area contributed by atoms with E-state index in [9.17, 15) is 18.4 Å². The van der Waals surface area contributed by atoms with Crippen LogP contribution in [0.4, 0.5) is 14.5 Å². The topological polar surface area (TPSA) is 43.9 Å². The number of halogens is 2. The molecule has 1 aromatic carbocycles. The smallest absolute Gasteiger partial charge is 0.239 e. The van der Waals surface area contributed by atoms with E-state index in [2.05, 4.69) is 4.90 Å². The first-order valence-corrected chi connectivity index (χ1v) is 9.33. The molecule has 5 nitrogen and oxygen atoms in total. The van der Waals surface area contributed by atoms with Gasteiger partial charge in [-0.25, -0.2) is 8.78 Å². The maximum atomic E-state index is 13.5.